The van der Waals surface area contributed by atoms with Crippen molar-refractivity contribution < 1.29 is 19.5 Å². The van der Waals surface area contributed by atoms with Crippen LogP contribution in [-0.4, -0.2) is 53.3 Å². The molecule has 0 aromatic rings. The molecule has 0 aliphatic rings. The standard InChI is InChI=1S/C15H30N4O4S/c1-3-9(2)12(19-13(20)10(17)8-24)14(21)18-11(15(22)23)6-4-5-7-16/h9-12,24H,3-8,16-17H2,1-2H3,(H,18,21)(H,19,20)(H,22,23). The molecule has 4 unspecified atom stereocenters. The Morgan fingerprint density at radius 3 is 2.25 bits per heavy atom. The quantitative estimate of drug-likeness (QED) is 0.203. The van der Waals surface area contributed by atoms with Gasteiger partial charge < -0.3 is 27.2 Å². The van der Waals surface area contributed by atoms with Crippen molar-refractivity contribution >= 4 is 30.4 Å². The molecule has 0 rings (SSSR count). The monoisotopic (exact) mass is 362 g/mol. The van der Waals surface area contributed by atoms with Gasteiger partial charge in [0.1, 0.15) is 12.1 Å². The number of aliphatic carboxylic acids is 1. The van der Waals surface area contributed by atoms with Gasteiger partial charge >= 0.3 is 5.97 Å². The minimum Gasteiger partial charge on any atom is -0.480 e. The second-order valence-electron chi connectivity index (χ2n) is 5.84. The zero-order valence-electron chi connectivity index (χ0n) is 14.3. The van der Waals surface area contributed by atoms with Gasteiger partial charge in [0.05, 0.1) is 6.04 Å². The number of hydrogen-bond acceptors (Lipinski definition) is 6. The lowest BCUT2D eigenvalue weighted by atomic mass is 9.97. The summed E-state index contributed by atoms with van der Waals surface area (Å²) in [7, 11) is 0. The van der Waals surface area contributed by atoms with Crippen LogP contribution in [0.1, 0.15) is 39.5 Å². The molecule has 0 aromatic carbocycles. The van der Waals surface area contributed by atoms with Crippen LogP contribution in [0.2, 0.25) is 0 Å². The lowest BCUT2D eigenvalue weighted by Gasteiger charge is -2.26. The summed E-state index contributed by atoms with van der Waals surface area (Å²) in [6.45, 7) is 4.15. The number of carbonyl (C=O) groups is 3. The normalized spacial score (nSPS) is 15.9. The SMILES string of the molecule is CCC(C)C(NC(=O)C(N)CS)C(=O)NC(CCCCN)C(=O)O. The molecule has 9 heteroatoms. The van der Waals surface area contributed by atoms with E-state index in [0.717, 1.165) is 0 Å². The Bertz CT molecular complexity index is 422. The summed E-state index contributed by atoms with van der Waals surface area (Å²) in [5.41, 5.74) is 11.0. The number of nitrogens with one attached hydrogen (secondary N) is 2. The smallest absolute Gasteiger partial charge is 0.326 e. The maximum absolute atomic E-state index is 12.5. The van der Waals surface area contributed by atoms with Crippen LogP contribution >= 0.6 is 12.6 Å². The van der Waals surface area contributed by atoms with Gasteiger partial charge in [-0.1, -0.05) is 20.3 Å². The van der Waals surface area contributed by atoms with E-state index in [9.17, 15) is 19.5 Å². The number of carboxylic acid groups (broad SMARTS) is 1. The fourth-order valence-electron chi connectivity index (χ4n) is 2.06. The molecule has 0 fully saturated rings. The number of amides is 2. The predicted octanol–water partition coefficient (Wildman–Crippen LogP) is -0.527. The maximum Gasteiger partial charge on any atom is 0.326 e. The highest BCUT2D eigenvalue weighted by molar-refractivity contribution is 7.80. The molecule has 7 N–H and O–H groups in total. The van der Waals surface area contributed by atoms with E-state index in [4.69, 9.17) is 11.5 Å². The average molecular weight is 362 g/mol. The van der Waals surface area contributed by atoms with Gasteiger partial charge in [-0.15, -0.1) is 0 Å². The summed E-state index contributed by atoms with van der Waals surface area (Å²) in [6.07, 6.45) is 2.20. The van der Waals surface area contributed by atoms with Gasteiger partial charge in [0, 0.05) is 5.75 Å². The zero-order chi connectivity index (χ0) is 18.7. The Hall–Kier alpha value is -1.32. The third kappa shape index (κ3) is 7.98. The van der Waals surface area contributed by atoms with Gasteiger partial charge in [-0.05, 0) is 31.7 Å². The fourth-order valence-corrected chi connectivity index (χ4v) is 2.22. The molecule has 0 aliphatic heterocycles. The van der Waals surface area contributed by atoms with Gasteiger partial charge in [0.2, 0.25) is 11.8 Å². The molecule has 0 aromatic heterocycles. The minimum atomic E-state index is -1.11. The predicted molar refractivity (Wildman–Crippen MR) is 95.7 cm³/mol. The van der Waals surface area contributed by atoms with E-state index in [1.54, 1.807) is 6.92 Å². The number of thiol groups is 1. The van der Waals surface area contributed by atoms with E-state index in [-0.39, 0.29) is 18.1 Å². The van der Waals surface area contributed by atoms with Crippen molar-refractivity contribution in [3.8, 4) is 0 Å². The molecular weight excluding hydrogens is 332 g/mol. The molecule has 8 nitrogen and oxygen atoms in total. The first-order valence-corrected chi connectivity index (χ1v) is 8.81. The number of hydrogen-bond donors (Lipinski definition) is 6. The highest BCUT2D eigenvalue weighted by atomic mass is 32.1. The van der Waals surface area contributed by atoms with Crippen LogP contribution in [0.3, 0.4) is 0 Å². The van der Waals surface area contributed by atoms with Crippen molar-refractivity contribution in [3.05, 3.63) is 0 Å². The first-order chi connectivity index (χ1) is 11.3. The second kappa shape index (κ2) is 12.1. The van der Waals surface area contributed by atoms with E-state index in [1.165, 1.54) is 0 Å². The van der Waals surface area contributed by atoms with Crippen molar-refractivity contribution in [2.24, 2.45) is 17.4 Å². The number of rotatable bonds is 12. The lowest BCUT2D eigenvalue weighted by molar-refractivity contribution is -0.142. The number of carbonyl (C=O) groups excluding carboxylic acids is 2. The molecule has 140 valence electrons. The molecule has 24 heavy (non-hydrogen) atoms. The first-order valence-electron chi connectivity index (χ1n) is 8.18. The van der Waals surface area contributed by atoms with Crippen LogP contribution in [-0.2, 0) is 14.4 Å². The van der Waals surface area contributed by atoms with Crippen molar-refractivity contribution in [1.82, 2.24) is 10.6 Å². The number of nitrogens with two attached hydrogens (primary N) is 2. The molecule has 0 saturated heterocycles. The van der Waals surface area contributed by atoms with Gasteiger partial charge in [0.25, 0.3) is 0 Å². The van der Waals surface area contributed by atoms with Gasteiger partial charge in [0.15, 0.2) is 0 Å². The van der Waals surface area contributed by atoms with Crippen molar-refractivity contribution in [3.63, 3.8) is 0 Å². The van der Waals surface area contributed by atoms with E-state index < -0.39 is 35.9 Å². The highest BCUT2D eigenvalue weighted by Crippen LogP contribution is 2.10. The molecular formula is C15H30N4O4S. The first kappa shape index (κ1) is 22.7. The molecule has 2 amide bonds. The van der Waals surface area contributed by atoms with Crippen LogP contribution in [0, 0.1) is 5.92 Å². The Labute approximate surface area is 148 Å². The van der Waals surface area contributed by atoms with Crippen LogP contribution in [0.25, 0.3) is 0 Å². The molecule has 0 radical (unpaired) electrons. The molecule has 0 aliphatic carbocycles. The van der Waals surface area contributed by atoms with E-state index in [2.05, 4.69) is 23.3 Å². The Balaban J connectivity index is 4.95. The fraction of sp³-hybridized carbons (Fsp3) is 0.800. The van der Waals surface area contributed by atoms with E-state index in [1.807, 2.05) is 6.92 Å². The van der Waals surface area contributed by atoms with Gasteiger partial charge in [-0.2, -0.15) is 12.6 Å². The lowest BCUT2D eigenvalue weighted by Crippen LogP contribution is -2.56. The third-order valence-electron chi connectivity index (χ3n) is 3.89. The van der Waals surface area contributed by atoms with Gasteiger partial charge in [-0.3, -0.25) is 9.59 Å². The summed E-state index contributed by atoms with van der Waals surface area (Å²) in [5.74, 6) is -2.14. The maximum atomic E-state index is 12.5. The summed E-state index contributed by atoms with van der Waals surface area (Å²) in [6, 6.07) is -2.68. The molecule has 0 saturated carbocycles. The topological polar surface area (TPSA) is 148 Å². The van der Waals surface area contributed by atoms with Crippen molar-refractivity contribution in [2.45, 2.75) is 57.7 Å². The van der Waals surface area contributed by atoms with Crippen LogP contribution in [0.15, 0.2) is 0 Å². The summed E-state index contributed by atoms with van der Waals surface area (Å²) in [4.78, 5) is 35.7. The van der Waals surface area contributed by atoms with Gasteiger partial charge in [-0.25, -0.2) is 4.79 Å². The molecule has 4 atom stereocenters. The number of unbranched alkanes of at least 4 members (excludes halogenated alkanes) is 1. The Morgan fingerprint density at radius 1 is 1.17 bits per heavy atom. The number of carboxylic acids is 1. The minimum absolute atomic E-state index is 0.150. The Kier molecular flexibility index (Phi) is 11.4. The largest absolute Gasteiger partial charge is 0.480 e. The van der Waals surface area contributed by atoms with Crippen LogP contribution in [0.4, 0.5) is 0 Å². The molecule has 0 spiro atoms. The highest BCUT2D eigenvalue weighted by Gasteiger charge is 2.30. The van der Waals surface area contributed by atoms with Crippen molar-refractivity contribution in [2.75, 3.05) is 12.3 Å². The zero-order valence-corrected chi connectivity index (χ0v) is 15.2. The summed E-state index contributed by atoms with van der Waals surface area (Å²) in [5, 5.41) is 14.3. The Morgan fingerprint density at radius 2 is 1.79 bits per heavy atom. The second-order valence-corrected chi connectivity index (χ2v) is 6.21. The van der Waals surface area contributed by atoms with Crippen LogP contribution < -0.4 is 22.1 Å². The van der Waals surface area contributed by atoms with E-state index >= 15 is 0 Å². The van der Waals surface area contributed by atoms with E-state index in [0.29, 0.717) is 25.8 Å². The molecule has 0 heterocycles. The third-order valence-corrected chi connectivity index (χ3v) is 4.28. The van der Waals surface area contributed by atoms with Crippen molar-refractivity contribution in [1.29, 1.82) is 0 Å². The summed E-state index contributed by atoms with van der Waals surface area (Å²) < 4.78 is 0. The molecule has 0 bridgehead atoms. The summed E-state index contributed by atoms with van der Waals surface area (Å²) >= 11 is 3.96. The average Bonchev–Trinajstić information content (AvgIpc) is 2.56. The van der Waals surface area contributed by atoms with Crippen LogP contribution in [0.5, 0.6) is 0 Å².